The minimum absolute atomic E-state index is 0.0365. The zero-order chi connectivity index (χ0) is 68.9. The van der Waals surface area contributed by atoms with Crippen molar-refractivity contribution in [3.63, 3.8) is 0 Å². The van der Waals surface area contributed by atoms with Gasteiger partial charge in [-0.25, -0.2) is 0 Å². The van der Waals surface area contributed by atoms with E-state index in [1.54, 1.807) is 19.2 Å². The van der Waals surface area contributed by atoms with E-state index >= 15 is 0 Å². The number of aliphatic hydroxyl groups excluding tert-OH is 7. The van der Waals surface area contributed by atoms with Crippen molar-refractivity contribution in [2.24, 2.45) is 5.92 Å². The Morgan fingerprint density at radius 1 is 0.600 bits per heavy atom. The SMILES string of the molecule is CCCCCOc1ccc(-c2ccc(-c3ccc(C(=O)NC4CC(O)C(NCCOCCOCCOCCOC)NC(=O)C5[C@@H](O)[C@@H](C)CN5C(=O)C([C@@H](C)O)NC(=O)C([C@H](O)[C@@H](O)c5ccc(O)cc5)NC(=O)C5C[C@@H](O)CN5C(=O)C([C@@H](C)O)NC4=O)cc3)cc2)cc1. The van der Waals surface area contributed by atoms with E-state index in [1.165, 1.54) is 43.3 Å². The summed E-state index contributed by atoms with van der Waals surface area (Å²) >= 11 is 0. The van der Waals surface area contributed by atoms with Crippen LogP contribution in [0.2, 0.25) is 0 Å². The van der Waals surface area contributed by atoms with Crippen LogP contribution in [0.15, 0.2) is 97.1 Å². The second-order valence-electron chi connectivity index (χ2n) is 24.1. The van der Waals surface area contributed by atoms with Crippen LogP contribution in [0.3, 0.4) is 0 Å². The summed E-state index contributed by atoms with van der Waals surface area (Å²) in [6.45, 7) is 7.05. The van der Waals surface area contributed by atoms with Crippen molar-refractivity contribution in [1.29, 1.82) is 0 Å². The first-order valence-corrected chi connectivity index (χ1v) is 32.1. The maximum Gasteiger partial charge on any atom is 0.251 e. The molecule has 14 N–H and O–H groups in total. The van der Waals surface area contributed by atoms with Gasteiger partial charge in [0.1, 0.15) is 66.1 Å². The van der Waals surface area contributed by atoms with Crippen molar-refractivity contribution < 1.29 is 98.1 Å². The molecule has 8 unspecified atom stereocenters. The van der Waals surface area contributed by atoms with Gasteiger partial charge in [-0.2, -0.15) is 0 Å². The van der Waals surface area contributed by atoms with E-state index in [4.69, 9.17) is 23.7 Å². The number of benzene rings is 4. The highest BCUT2D eigenvalue weighted by atomic mass is 16.6. The summed E-state index contributed by atoms with van der Waals surface area (Å²) in [6.07, 6.45) is -12.5. The van der Waals surface area contributed by atoms with Crippen LogP contribution in [0.4, 0.5) is 0 Å². The molecule has 0 aliphatic carbocycles. The van der Waals surface area contributed by atoms with E-state index < -0.39 is 152 Å². The van der Waals surface area contributed by atoms with Gasteiger partial charge in [-0.15, -0.1) is 0 Å². The summed E-state index contributed by atoms with van der Waals surface area (Å²) in [5, 5.41) is 106. The number of hydrogen-bond donors (Lipinski definition) is 14. The number of unbranched alkanes of at least 4 members (excludes halogenated alkanes) is 2. The molecular formula is C67H92N8O20. The zero-order valence-electron chi connectivity index (χ0n) is 54.1. The number of amides is 7. The topological polar surface area (TPSA) is 406 Å². The standard InChI is InChI=1S/C67H92N8O20/c1-6-7-8-26-95-49-23-19-44(20-24-49)42-11-9-41(10-12-42)43-13-15-46(16-14-43)61(84)69-50-35-52(80)60(68-25-27-92-30-31-94-33-32-93-29-28-91-5)73-65(88)56-57(81)38(2)36-75(56)67(90)54(40(4)77)71-64(87)55(59(83)58(82)45-17-21-47(78)22-18-45)72-63(86)51-34-48(79)37-74(51)66(89)53(39(3)76)70-62(50)85/h9-24,38-40,48,50-60,68,76-83H,6-8,25-37H2,1-5H3,(H,69,84)(H,70,85)(H,71,87)(H,72,86)(H,73,88)/t38-,39+,40+,48+,50?,51?,52?,53?,54?,55?,56?,57-,58-,59-,60?/m0/s1. The molecule has 3 fully saturated rings. The highest BCUT2D eigenvalue weighted by molar-refractivity contribution is 6.00. The van der Waals surface area contributed by atoms with Crippen LogP contribution in [0.1, 0.15) is 81.8 Å². The summed E-state index contributed by atoms with van der Waals surface area (Å²) < 4.78 is 27.5. The lowest BCUT2D eigenvalue weighted by atomic mass is 9.96. The number of phenols is 1. The Bertz CT molecular complexity index is 3130. The second-order valence-corrected chi connectivity index (χ2v) is 24.1. The van der Waals surface area contributed by atoms with Gasteiger partial charge >= 0.3 is 0 Å². The first-order valence-electron chi connectivity index (χ1n) is 32.1. The minimum atomic E-state index is -2.30. The second kappa shape index (κ2) is 36.4. The molecule has 4 aromatic carbocycles. The largest absolute Gasteiger partial charge is 0.508 e. The maximum atomic E-state index is 14.9. The highest BCUT2D eigenvalue weighted by Crippen LogP contribution is 2.30. The number of nitrogens with zero attached hydrogens (tertiary/aromatic N) is 2. The number of nitrogens with one attached hydrogen (secondary N) is 6. The molecule has 7 amide bonds. The van der Waals surface area contributed by atoms with Crippen molar-refractivity contribution in [3.8, 4) is 33.8 Å². The molecule has 7 rings (SSSR count). The van der Waals surface area contributed by atoms with Crippen LogP contribution in [0.5, 0.6) is 11.5 Å². The summed E-state index contributed by atoms with van der Waals surface area (Å²) in [4.78, 5) is 105. The van der Waals surface area contributed by atoms with E-state index in [9.17, 15) is 74.4 Å². The van der Waals surface area contributed by atoms with Crippen molar-refractivity contribution in [1.82, 2.24) is 41.7 Å². The van der Waals surface area contributed by atoms with E-state index in [0.29, 0.717) is 26.4 Å². The lowest BCUT2D eigenvalue weighted by Gasteiger charge is -2.34. The van der Waals surface area contributed by atoms with Crippen molar-refractivity contribution in [2.75, 3.05) is 79.6 Å². The molecule has 4 aromatic rings. The summed E-state index contributed by atoms with van der Waals surface area (Å²) in [5.41, 5.74) is 3.43. The van der Waals surface area contributed by atoms with Gasteiger partial charge in [-0.05, 0) is 84.5 Å². The normalized spacial score (nSPS) is 25.4. The molecule has 3 aliphatic heterocycles. The molecule has 520 valence electrons. The van der Waals surface area contributed by atoms with E-state index in [-0.39, 0.29) is 56.4 Å². The number of aromatic hydroxyl groups is 1. The fourth-order valence-electron chi connectivity index (χ4n) is 11.4. The number of hydrogen-bond acceptors (Lipinski definition) is 21. The summed E-state index contributed by atoms with van der Waals surface area (Å²) in [7, 11) is 1.55. The van der Waals surface area contributed by atoms with Crippen LogP contribution in [-0.4, -0.2) is 251 Å². The molecule has 3 aliphatic rings. The molecule has 0 saturated carbocycles. The number of rotatable bonds is 27. The molecule has 0 radical (unpaired) electrons. The molecule has 28 nitrogen and oxygen atoms in total. The lowest BCUT2D eigenvalue weighted by molar-refractivity contribution is -0.148. The van der Waals surface area contributed by atoms with Gasteiger partial charge in [0.25, 0.3) is 5.91 Å². The first kappa shape index (κ1) is 74.7. The number of fused-ring (bicyclic) bond motifs is 2. The van der Waals surface area contributed by atoms with Gasteiger partial charge in [-0.3, -0.25) is 38.9 Å². The van der Waals surface area contributed by atoms with Gasteiger partial charge in [0.15, 0.2) is 0 Å². The van der Waals surface area contributed by atoms with Gasteiger partial charge in [0, 0.05) is 51.1 Å². The fourth-order valence-corrected chi connectivity index (χ4v) is 11.4. The number of methoxy groups -OCH3 is 1. The Hall–Kier alpha value is -7.71. The average molecular weight is 1330 g/mol. The molecule has 15 atom stereocenters. The maximum absolute atomic E-state index is 14.9. The zero-order valence-corrected chi connectivity index (χ0v) is 54.1. The van der Waals surface area contributed by atoms with E-state index in [2.05, 4.69) is 38.8 Å². The van der Waals surface area contributed by atoms with Crippen LogP contribution >= 0.6 is 0 Å². The fraction of sp³-hybridized carbons (Fsp3) is 0.537. The van der Waals surface area contributed by atoms with E-state index in [1.807, 2.05) is 48.5 Å². The summed E-state index contributed by atoms with van der Waals surface area (Å²) in [6, 6.07) is 15.1. The third-order valence-electron chi connectivity index (χ3n) is 16.9. The van der Waals surface area contributed by atoms with Crippen molar-refractivity contribution >= 4 is 41.4 Å². The Morgan fingerprint density at radius 2 is 1.13 bits per heavy atom. The van der Waals surface area contributed by atoms with Crippen LogP contribution in [0.25, 0.3) is 22.3 Å². The number of aliphatic hydroxyl groups is 7. The highest BCUT2D eigenvalue weighted by Gasteiger charge is 2.50. The van der Waals surface area contributed by atoms with Crippen LogP contribution in [-0.2, 0) is 47.7 Å². The van der Waals surface area contributed by atoms with Gasteiger partial charge in [0.2, 0.25) is 35.4 Å². The minimum Gasteiger partial charge on any atom is -0.508 e. The number of phenolic OH excluding ortho intramolecular Hbond substituents is 1. The molecule has 0 spiro atoms. The van der Waals surface area contributed by atoms with Gasteiger partial charge in [-0.1, -0.05) is 87.4 Å². The van der Waals surface area contributed by atoms with Gasteiger partial charge < -0.3 is 101 Å². The Kier molecular flexibility index (Phi) is 28.6. The van der Waals surface area contributed by atoms with Crippen LogP contribution < -0.4 is 36.6 Å². The quantitative estimate of drug-likeness (QED) is 0.0330. The van der Waals surface area contributed by atoms with Crippen molar-refractivity contribution in [2.45, 2.75) is 145 Å². The predicted octanol–water partition coefficient (Wildman–Crippen LogP) is -0.634. The Balaban J connectivity index is 1.21. The monoisotopic (exact) mass is 1330 g/mol. The number of carbonyl (C=O) groups is 7. The third kappa shape index (κ3) is 20.7. The molecule has 0 aromatic heterocycles. The van der Waals surface area contributed by atoms with Crippen molar-refractivity contribution in [3.05, 3.63) is 108 Å². The van der Waals surface area contributed by atoms with Gasteiger partial charge in [0.05, 0.1) is 83.4 Å². The number of ether oxygens (including phenoxy) is 5. The Labute approximate surface area is 551 Å². The Morgan fingerprint density at radius 3 is 1.69 bits per heavy atom. The predicted molar refractivity (Wildman–Crippen MR) is 344 cm³/mol. The van der Waals surface area contributed by atoms with E-state index in [0.717, 1.165) is 70.9 Å². The average Bonchev–Trinajstić information content (AvgIpc) is 1.70. The molecule has 95 heavy (non-hydrogen) atoms. The first-order chi connectivity index (χ1) is 45.5. The molecule has 3 saturated heterocycles. The molecule has 0 bridgehead atoms. The smallest absolute Gasteiger partial charge is 0.251 e. The molecular weight excluding hydrogens is 1240 g/mol. The molecule has 28 heteroatoms. The summed E-state index contributed by atoms with van der Waals surface area (Å²) in [5.74, 6) is -8.32. The lowest BCUT2D eigenvalue weighted by Crippen LogP contribution is -2.64. The third-order valence-corrected chi connectivity index (χ3v) is 16.9. The van der Waals surface area contributed by atoms with Crippen LogP contribution in [0, 0.1) is 5.92 Å². The molecule has 3 heterocycles. The number of carbonyl (C=O) groups excluding carboxylic acids is 7.